The largest absolute Gasteiger partial charge is 0.350 e. The van der Waals surface area contributed by atoms with Gasteiger partial charge in [-0.2, -0.15) is 0 Å². The summed E-state index contributed by atoms with van der Waals surface area (Å²) in [5, 5.41) is 3.20. The van der Waals surface area contributed by atoms with E-state index in [9.17, 15) is 0 Å². The molecule has 1 aliphatic heterocycles. The third kappa shape index (κ3) is 3.54. The fourth-order valence-corrected chi connectivity index (χ4v) is 1.47. The number of nitrogens with one attached hydrogen (secondary N) is 1. The van der Waals surface area contributed by atoms with Crippen LogP contribution in [0.5, 0.6) is 0 Å². The van der Waals surface area contributed by atoms with Gasteiger partial charge < -0.3 is 5.32 Å². The molecular formula is C13H24N2. The lowest BCUT2D eigenvalue weighted by Crippen LogP contribution is -2.26. The molecule has 0 aromatic rings. The third-order valence-corrected chi connectivity index (χ3v) is 2.59. The lowest BCUT2D eigenvalue weighted by Gasteiger charge is -2.28. The van der Waals surface area contributed by atoms with Gasteiger partial charge in [0.1, 0.15) is 0 Å². The summed E-state index contributed by atoms with van der Waals surface area (Å²) in [6.45, 7) is 15.2. The highest BCUT2D eigenvalue weighted by molar-refractivity contribution is 5.60. The zero-order valence-corrected chi connectivity index (χ0v) is 10.7. The van der Waals surface area contributed by atoms with Gasteiger partial charge in [0, 0.05) is 11.1 Å². The molecule has 0 atom stereocenters. The van der Waals surface area contributed by atoms with Crippen molar-refractivity contribution < 1.29 is 0 Å². The normalized spacial score (nSPS) is 15.3. The fraction of sp³-hybridized carbons (Fsp3) is 0.615. The predicted molar refractivity (Wildman–Crippen MR) is 69.1 cm³/mol. The molecule has 0 amide bonds. The van der Waals surface area contributed by atoms with Gasteiger partial charge in [-0.15, -0.1) is 6.58 Å². The molecular weight excluding hydrogens is 184 g/mol. The van der Waals surface area contributed by atoms with Crippen LogP contribution in [0.2, 0.25) is 0 Å². The second-order valence-corrected chi connectivity index (χ2v) is 3.85. The second kappa shape index (κ2) is 6.44. The Labute approximate surface area is 94.2 Å². The Morgan fingerprint density at radius 2 is 2.13 bits per heavy atom. The van der Waals surface area contributed by atoms with E-state index < -0.39 is 0 Å². The van der Waals surface area contributed by atoms with Crippen LogP contribution < -0.4 is 5.32 Å². The van der Waals surface area contributed by atoms with Gasteiger partial charge in [0.15, 0.2) is 0 Å². The Bertz CT molecular complexity index is 260. The average Bonchev–Trinajstić information content (AvgIpc) is 2.31. The Morgan fingerprint density at radius 3 is 2.60 bits per heavy atom. The highest BCUT2D eigenvalue weighted by atomic mass is 15.0. The molecule has 0 radical (unpaired) electrons. The van der Waals surface area contributed by atoms with E-state index in [1.807, 2.05) is 19.9 Å². The maximum Gasteiger partial charge on any atom is 0.0869 e. The summed E-state index contributed by atoms with van der Waals surface area (Å²) in [7, 11) is 0. The topological polar surface area (TPSA) is 24.4 Å². The zero-order chi connectivity index (χ0) is 11.9. The average molecular weight is 208 g/mol. The standard InChI is InChI=1S/C11H18N2.C2H6/c1-5-10-9(7-12-8-13-10)11(3,4)6-2;1-2/h6,8H,2,5,7H2,1,3-4H3,(H,12,13);1-2H3. The van der Waals surface area contributed by atoms with Gasteiger partial charge in [0.05, 0.1) is 12.9 Å². The van der Waals surface area contributed by atoms with Crippen LogP contribution >= 0.6 is 0 Å². The van der Waals surface area contributed by atoms with Crippen molar-refractivity contribution >= 4 is 6.34 Å². The molecule has 0 aliphatic carbocycles. The second-order valence-electron chi connectivity index (χ2n) is 3.85. The van der Waals surface area contributed by atoms with E-state index in [1.54, 1.807) is 6.34 Å². The third-order valence-electron chi connectivity index (χ3n) is 2.59. The zero-order valence-electron chi connectivity index (χ0n) is 10.7. The minimum absolute atomic E-state index is 0.0517. The first-order valence-corrected chi connectivity index (χ1v) is 5.72. The van der Waals surface area contributed by atoms with E-state index in [2.05, 4.69) is 37.7 Å². The fourth-order valence-electron chi connectivity index (χ4n) is 1.47. The lowest BCUT2D eigenvalue weighted by atomic mass is 9.82. The molecule has 86 valence electrons. The van der Waals surface area contributed by atoms with Crippen LogP contribution in [0.4, 0.5) is 0 Å². The van der Waals surface area contributed by atoms with Crippen molar-refractivity contribution in [2.24, 2.45) is 10.4 Å². The van der Waals surface area contributed by atoms with Crippen LogP contribution in [0.3, 0.4) is 0 Å². The number of allylic oxidation sites excluding steroid dienone is 2. The summed E-state index contributed by atoms with van der Waals surface area (Å²) in [5.41, 5.74) is 2.70. The quantitative estimate of drug-likeness (QED) is 0.705. The monoisotopic (exact) mass is 208 g/mol. The highest BCUT2D eigenvalue weighted by Crippen LogP contribution is 2.31. The number of rotatable bonds is 3. The van der Waals surface area contributed by atoms with Crippen molar-refractivity contribution in [1.29, 1.82) is 0 Å². The lowest BCUT2D eigenvalue weighted by molar-refractivity contribution is 0.551. The van der Waals surface area contributed by atoms with Gasteiger partial charge in [-0.05, 0) is 12.0 Å². The first-order chi connectivity index (χ1) is 7.11. The number of hydrogen-bond acceptors (Lipinski definition) is 2. The summed E-state index contributed by atoms with van der Waals surface area (Å²) in [5.74, 6) is 0. The molecule has 0 aromatic carbocycles. The van der Waals surface area contributed by atoms with Gasteiger partial charge >= 0.3 is 0 Å². The molecule has 0 fully saturated rings. The molecule has 0 spiro atoms. The van der Waals surface area contributed by atoms with E-state index in [0.29, 0.717) is 0 Å². The van der Waals surface area contributed by atoms with E-state index in [-0.39, 0.29) is 5.41 Å². The van der Waals surface area contributed by atoms with Crippen molar-refractivity contribution in [3.05, 3.63) is 23.9 Å². The Morgan fingerprint density at radius 1 is 1.53 bits per heavy atom. The highest BCUT2D eigenvalue weighted by Gasteiger charge is 2.23. The van der Waals surface area contributed by atoms with Crippen LogP contribution in [0, 0.1) is 5.41 Å². The molecule has 0 bridgehead atoms. The Balaban J connectivity index is 0.000000921. The number of aliphatic imine (C=N–C) groups is 1. The predicted octanol–water partition coefficient (Wildman–Crippen LogP) is 3.52. The van der Waals surface area contributed by atoms with Crippen LogP contribution in [0.15, 0.2) is 28.9 Å². The van der Waals surface area contributed by atoms with Crippen molar-refractivity contribution in [2.45, 2.75) is 41.0 Å². The van der Waals surface area contributed by atoms with E-state index >= 15 is 0 Å². The molecule has 1 N–H and O–H groups in total. The molecule has 1 heterocycles. The first kappa shape index (κ1) is 13.9. The molecule has 2 heteroatoms. The molecule has 15 heavy (non-hydrogen) atoms. The molecule has 0 unspecified atom stereocenters. The van der Waals surface area contributed by atoms with Crippen LogP contribution in [0.25, 0.3) is 0 Å². The van der Waals surface area contributed by atoms with Gasteiger partial charge in [-0.1, -0.05) is 40.7 Å². The maximum absolute atomic E-state index is 4.23. The summed E-state index contributed by atoms with van der Waals surface area (Å²) >= 11 is 0. The van der Waals surface area contributed by atoms with Crippen molar-refractivity contribution in [3.63, 3.8) is 0 Å². The van der Waals surface area contributed by atoms with Crippen molar-refractivity contribution in [1.82, 2.24) is 5.32 Å². The van der Waals surface area contributed by atoms with Crippen LogP contribution in [-0.4, -0.2) is 12.9 Å². The van der Waals surface area contributed by atoms with Crippen LogP contribution in [-0.2, 0) is 0 Å². The van der Waals surface area contributed by atoms with Gasteiger partial charge in [-0.25, -0.2) is 0 Å². The summed E-state index contributed by atoms with van der Waals surface area (Å²) < 4.78 is 0. The molecule has 1 rings (SSSR count). The molecule has 2 nitrogen and oxygen atoms in total. The van der Waals surface area contributed by atoms with Crippen molar-refractivity contribution in [2.75, 3.05) is 6.54 Å². The van der Waals surface area contributed by atoms with Crippen LogP contribution in [0.1, 0.15) is 41.0 Å². The SMILES string of the molecule is C=CC(C)(C)C1=C(CC)NC=NC1.CC. The number of hydrogen-bond donors (Lipinski definition) is 1. The van der Waals surface area contributed by atoms with Gasteiger partial charge in [-0.3, -0.25) is 4.99 Å². The molecule has 0 aromatic heterocycles. The van der Waals surface area contributed by atoms with E-state index in [0.717, 1.165) is 13.0 Å². The smallest absolute Gasteiger partial charge is 0.0869 e. The first-order valence-electron chi connectivity index (χ1n) is 5.72. The summed E-state index contributed by atoms with van der Waals surface area (Å²) in [6.07, 6.45) is 4.79. The Hall–Kier alpha value is -1.05. The molecule has 0 saturated carbocycles. The summed E-state index contributed by atoms with van der Waals surface area (Å²) in [6, 6.07) is 0. The maximum atomic E-state index is 4.23. The minimum atomic E-state index is 0.0517. The van der Waals surface area contributed by atoms with E-state index in [1.165, 1.54) is 11.3 Å². The van der Waals surface area contributed by atoms with E-state index in [4.69, 9.17) is 0 Å². The minimum Gasteiger partial charge on any atom is -0.350 e. The van der Waals surface area contributed by atoms with Gasteiger partial charge in [0.2, 0.25) is 0 Å². The summed E-state index contributed by atoms with van der Waals surface area (Å²) in [4.78, 5) is 4.23. The molecule has 0 saturated heterocycles. The van der Waals surface area contributed by atoms with Gasteiger partial charge in [0.25, 0.3) is 0 Å². The number of nitrogens with zero attached hydrogens (tertiary/aromatic N) is 1. The molecule has 1 aliphatic rings. The Kier molecular flexibility index (Phi) is 5.99. The van der Waals surface area contributed by atoms with Crippen molar-refractivity contribution in [3.8, 4) is 0 Å².